The summed E-state index contributed by atoms with van der Waals surface area (Å²) in [4.78, 5) is 52.0. The molecule has 3 aromatic rings. The van der Waals surface area contributed by atoms with E-state index in [-0.39, 0.29) is 38.9 Å². The van der Waals surface area contributed by atoms with Gasteiger partial charge in [0.2, 0.25) is 17.6 Å². The number of anilines is 2. The zero-order chi connectivity index (χ0) is 37.1. The SMILES string of the molecule is C=Cc1ccc(N2C(=O)C3CC=C4C(CC5(Cl)C(=O)N(c6c(F)c(F)c(F)c(F)c6F)C(=O)C5(Cl)C4c4cc(Cl)c(O)c(OC)c4)C3C2=O)cc1. The van der Waals surface area contributed by atoms with Crippen molar-refractivity contribution in [2.45, 2.75) is 28.5 Å². The molecule has 0 spiro atoms. The summed E-state index contributed by atoms with van der Waals surface area (Å²) < 4.78 is 78.7. The van der Waals surface area contributed by atoms with Crippen molar-refractivity contribution in [2.75, 3.05) is 16.9 Å². The first-order valence-electron chi connectivity index (χ1n) is 15.2. The average Bonchev–Trinajstić information content (AvgIpc) is 3.45. The van der Waals surface area contributed by atoms with Crippen LogP contribution in [0.4, 0.5) is 33.3 Å². The Hall–Kier alpha value is -4.46. The number of halogens is 8. The van der Waals surface area contributed by atoms with E-state index >= 15 is 8.78 Å². The maximum Gasteiger partial charge on any atom is 0.258 e. The number of hydrogen-bond acceptors (Lipinski definition) is 6. The fourth-order valence-electron chi connectivity index (χ4n) is 7.87. The number of allylic oxidation sites excluding steroid dienone is 2. The normalized spacial score (nSPS) is 28.5. The van der Waals surface area contributed by atoms with Gasteiger partial charge in [-0.1, -0.05) is 48.0 Å². The number of carbonyl (C=O) groups excluding carboxylic acids is 4. The third kappa shape index (κ3) is 4.50. The van der Waals surface area contributed by atoms with Gasteiger partial charge in [0, 0.05) is 5.92 Å². The van der Waals surface area contributed by atoms with Crippen LogP contribution in [0.25, 0.3) is 6.08 Å². The van der Waals surface area contributed by atoms with Crippen LogP contribution in [0.2, 0.25) is 5.02 Å². The third-order valence-electron chi connectivity index (χ3n) is 10.2. The standard InChI is InChI=1S/C35H22Cl3F5N2O6/c1-3-13-4-6-15(7-5-13)44-30(47)17-9-8-16-18(21(17)31(44)48)12-34(37)32(49)45(28-26(42)24(40)23(39)25(41)27(28)43)33(50)35(34,38)22(16)14-10-19(36)29(46)20(11-14)51-2/h3-8,10-11,17-18,21-22,46H,1,9,12H2,2H3. The van der Waals surface area contributed by atoms with Crippen LogP contribution in [0.5, 0.6) is 11.5 Å². The summed E-state index contributed by atoms with van der Waals surface area (Å²) in [5, 5.41) is 10.2. The Labute approximate surface area is 300 Å². The molecule has 2 aliphatic carbocycles. The Morgan fingerprint density at radius 3 is 2.08 bits per heavy atom. The van der Waals surface area contributed by atoms with Crippen molar-refractivity contribution in [1.29, 1.82) is 0 Å². The number of hydrogen-bond donors (Lipinski definition) is 1. The van der Waals surface area contributed by atoms with E-state index in [0.717, 1.165) is 11.0 Å². The fourth-order valence-corrected chi connectivity index (χ4v) is 9.02. The van der Waals surface area contributed by atoms with Crippen LogP contribution >= 0.6 is 34.8 Å². The number of phenolic OH excluding ortho intramolecular Hbond substituents is 1. The monoisotopic (exact) mass is 766 g/mol. The lowest BCUT2D eigenvalue weighted by molar-refractivity contribution is -0.125. The molecule has 16 heteroatoms. The van der Waals surface area contributed by atoms with Crippen LogP contribution in [0.3, 0.4) is 0 Å². The van der Waals surface area contributed by atoms with Crippen molar-refractivity contribution in [3.63, 3.8) is 0 Å². The number of benzene rings is 3. The number of methoxy groups -OCH3 is 1. The number of nitrogens with zero attached hydrogens (tertiary/aromatic N) is 2. The predicted octanol–water partition coefficient (Wildman–Crippen LogP) is 7.16. The lowest BCUT2D eigenvalue weighted by Crippen LogP contribution is -2.60. The van der Waals surface area contributed by atoms with E-state index in [1.807, 2.05) is 0 Å². The van der Waals surface area contributed by atoms with Crippen LogP contribution in [0.1, 0.15) is 29.9 Å². The van der Waals surface area contributed by atoms with Gasteiger partial charge >= 0.3 is 0 Å². The number of fused-ring (bicyclic) bond motifs is 4. The van der Waals surface area contributed by atoms with Crippen molar-refractivity contribution in [2.24, 2.45) is 17.8 Å². The van der Waals surface area contributed by atoms with E-state index in [4.69, 9.17) is 39.5 Å². The van der Waals surface area contributed by atoms with E-state index in [0.29, 0.717) is 5.56 Å². The highest BCUT2D eigenvalue weighted by molar-refractivity contribution is 6.58. The fraction of sp³-hybridized carbons (Fsp3) is 0.257. The van der Waals surface area contributed by atoms with E-state index in [1.165, 1.54) is 13.2 Å². The van der Waals surface area contributed by atoms with Crippen LogP contribution in [0, 0.1) is 46.8 Å². The minimum Gasteiger partial charge on any atom is -0.503 e. The number of phenols is 1. The third-order valence-corrected chi connectivity index (χ3v) is 11.9. The molecule has 7 rings (SSSR count). The summed E-state index contributed by atoms with van der Waals surface area (Å²) in [5.74, 6) is -22.6. The highest BCUT2D eigenvalue weighted by atomic mass is 35.5. The first-order chi connectivity index (χ1) is 24.0. The number of rotatable bonds is 5. The largest absolute Gasteiger partial charge is 0.503 e. The summed E-state index contributed by atoms with van der Waals surface area (Å²) in [6, 6.07) is 8.73. The molecule has 0 radical (unpaired) electrons. The van der Waals surface area contributed by atoms with Gasteiger partial charge < -0.3 is 9.84 Å². The minimum absolute atomic E-state index is 0.0295. The van der Waals surface area contributed by atoms with E-state index in [9.17, 15) is 37.5 Å². The van der Waals surface area contributed by atoms with E-state index in [1.54, 1.807) is 36.4 Å². The number of ether oxygens (including phenoxy) is 1. The maximum absolute atomic E-state index is 15.2. The molecule has 4 amide bonds. The predicted molar refractivity (Wildman–Crippen MR) is 175 cm³/mol. The zero-order valence-corrected chi connectivity index (χ0v) is 28.2. The smallest absolute Gasteiger partial charge is 0.258 e. The first-order valence-corrected chi connectivity index (χ1v) is 16.3. The second-order valence-electron chi connectivity index (χ2n) is 12.6. The molecule has 2 aliphatic heterocycles. The van der Waals surface area contributed by atoms with Gasteiger partial charge in [-0.05, 0) is 54.2 Å². The molecule has 1 saturated carbocycles. The molecule has 0 aromatic heterocycles. The maximum atomic E-state index is 15.2. The first kappa shape index (κ1) is 35.0. The lowest BCUT2D eigenvalue weighted by Gasteiger charge is -2.50. The summed E-state index contributed by atoms with van der Waals surface area (Å²) in [7, 11) is 1.18. The Kier molecular flexibility index (Phi) is 8.08. The molecule has 3 fully saturated rings. The topological polar surface area (TPSA) is 104 Å². The van der Waals surface area contributed by atoms with Crippen molar-refractivity contribution in [3.05, 3.63) is 99.9 Å². The lowest BCUT2D eigenvalue weighted by atomic mass is 9.56. The molecule has 6 atom stereocenters. The Morgan fingerprint density at radius 1 is 0.882 bits per heavy atom. The van der Waals surface area contributed by atoms with Crippen LogP contribution in [-0.2, 0) is 19.2 Å². The number of aromatic hydroxyl groups is 1. The zero-order valence-electron chi connectivity index (χ0n) is 26.0. The highest BCUT2D eigenvalue weighted by Crippen LogP contribution is 2.66. The summed E-state index contributed by atoms with van der Waals surface area (Å²) in [6.07, 6.45) is 2.36. The van der Waals surface area contributed by atoms with Crippen LogP contribution in [0.15, 0.2) is 54.6 Å². The molecule has 0 bridgehead atoms. The molecule has 264 valence electrons. The van der Waals surface area contributed by atoms with Gasteiger partial charge in [0.25, 0.3) is 11.8 Å². The second kappa shape index (κ2) is 11.8. The van der Waals surface area contributed by atoms with Crippen molar-refractivity contribution < 1.29 is 51.0 Å². The highest BCUT2D eigenvalue weighted by Gasteiger charge is 2.77. The van der Waals surface area contributed by atoms with Crippen LogP contribution < -0.4 is 14.5 Å². The van der Waals surface area contributed by atoms with Gasteiger partial charge in [-0.2, -0.15) is 0 Å². The molecule has 1 N–H and O–H groups in total. The summed E-state index contributed by atoms with van der Waals surface area (Å²) in [5.41, 5.74) is -0.768. The molecular formula is C35H22Cl3F5N2O6. The molecule has 2 saturated heterocycles. The molecule has 8 nitrogen and oxygen atoms in total. The van der Waals surface area contributed by atoms with Gasteiger partial charge in [0.15, 0.2) is 44.5 Å². The molecule has 51 heavy (non-hydrogen) atoms. The van der Waals surface area contributed by atoms with Crippen molar-refractivity contribution in [1.82, 2.24) is 0 Å². The summed E-state index contributed by atoms with van der Waals surface area (Å²) >= 11 is 20.6. The van der Waals surface area contributed by atoms with Gasteiger partial charge in [0.1, 0.15) is 5.69 Å². The average molecular weight is 768 g/mol. The Balaban J connectivity index is 1.44. The molecule has 3 aromatic carbocycles. The Bertz CT molecular complexity index is 2140. The summed E-state index contributed by atoms with van der Waals surface area (Å²) in [6.45, 7) is 3.68. The number of alkyl halides is 2. The minimum atomic E-state index is -2.77. The number of amides is 4. The second-order valence-corrected chi connectivity index (χ2v) is 14.2. The van der Waals surface area contributed by atoms with Crippen molar-refractivity contribution >= 4 is 75.9 Å². The number of carbonyl (C=O) groups is 4. The van der Waals surface area contributed by atoms with Gasteiger partial charge in [-0.15, -0.1) is 23.2 Å². The van der Waals surface area contributed by atoms with Gasteiger partial charge in [-0.3, -0.25) is 24.1 Å². The molecular weight excluding hydrogens is 746 g/mol. The van der Waals surface area contributed by atoms with Gasteiger partial charge in [-0.25, -0.2) is 26.9 Å². The van der Waals surface area contributed by atoms with Gasteiger partial charge in [0.05, 0.1) is 29.7 Å². The number of imide groups is 2. The van der Waals surface area contributed by atoms with E-state index in [2.05, 4.69) is 6.58 Å². The van der Waals surface area contributed by atoms with E-state index < -0.39 is 104 Å². The molecule has 2 heterocycles. The van der Waals surface area contributed by atoms with Crippen molar-refractivity contribution in [3.8, 4) is 11.5 Å². The van der Waals surface area contributed by atoms with Crippen LogP contribution in [-0.4, -0.2) is 45.6 Å². The quantitative estimate of drug-likeness (QED) is 0.0739. The Morgan fingerprint density at radius 2 is 1.49 bits per heavy atom. The molecule has 6 unspecified atom stereocenters. The molecule has 4 aliphatic rings.